The highest BCUT2D eigenvalue weighted by atomic mass is 15.1. The molecule has 0 atom stereocenters. The third-order valence-corrected chi connectivity index (χ3v) is 3.46. The predicted molar refractivity (Wildman–Crippen MR) is 54.3 cm³/mol. The third kappa shape index (κ3) is 2.01. The van der Waals surface area contributed by atoms with Gasteiger partial charge in [0.05, 0.1) is 0 Å². The fourth-order valence-corrected chi connectivity index (χ4v) is 2.63. The average molecular weight is 169 g/mol. The molecule has 0 aromatic carbocycles. The fourth-order valence-electron chi connectivity index (χ4n) is 2.63. The first kappa shape index (κ1) is 10.0. The second-order valence-electron chi connectivity index (χ2n) is 4.70. The first-order valence-electron chi connectivity index (χ1n) is 5.30. The lowest BCUT2D eigenvalue weighted by Gasteiger charge is -2.48. The van der Waals surface area contributed by atoms with E-state index >= 15 is 0 Å². The van der Waals surface area contributed by atoms with Gasteiger partial charge < -0.3 is 4.90 Å². The van der Waals surface area contributed by atoms with Crippen LogP contribution >= 0.6 is 0 Å². The second kappa shape index (κ2) is 3.78. The highest BCUT2D eigenvalue weighted by Crippen LogP contribution is 2.48. The lowest BCUT2D eigenvalue weighted by molar-refractivity contribution is 0.0270. The van der Waals surface area contributed by atoms with E-state index in [2.05, 4.69) is 32.7 Å². The molecule has 1 aliphatic rings. The zero-order chi connectivity index (χ0) is 9.19. The van der Waals surface area contributed by atoms with Crippen molar-refractivity contribution < 1.29 is 0 Å². The SMILES string of the molecule is CCN(C)CC1(CC)CC(C)C1. The van der Waals surface area contributed by atoms with Crippen LogP contribution in [0.25, 0.3) is 0 Å². The van der Waals surface area contributed by atoms with Crippen molar-refractivity contribution in [3.05, 3.63) is 0 Å². The number of hydrogen-bond donors (Lipinski definition) is 0. The number of rotatable bonds is 4. The molecule has 0 unspecified atom stereocenters. The van der Waals surface area contributed by atoms with E-state index in [0.717, 1.165) is 5.92 Å². The van der Waals surface area contributed by atoms with Crippen LogP contribution in [0, 0.1) is 11.3 Å². The Morgan fingerprint density at radius 1 is 1.33 bits per heavy atom. The van der Waals surface area contributed by atoms with Gasteiger partial charge in [-0.05, 0) is 44.2 Å². The summed E-state index contributed by atoms with van der Waals surface area (Å²) < 4.78 is 0. The molecule has 1 heteroatoms. The maximum Gasteiger partial charge on any atom is 0.00349 e. The minimum Gasteiger partial charge on any atom is -0.306 e. The van der Waals surface area contributed by atoms with E-state index in [9.17, 15) is 0 Å². The summed E-state index contributed by atoms with van der Waals surface area (Å²) >= 11 is 0. The zero-order valence-corrected chi connectivity index (χ0v) is 9.06. The van der Waals surface area contributed by atoms with Gasteiger partial charge in [0.25, 0.3) is 0 Å². The summed E-state index contributed by atoms with van der Waals surface area (Å²) in [6.45, 7) is 9.46. The topological polar surface area (TPSA) is 3.24 Å². The summed E-state index contributed by atoms with van der Waals surface area (Å²) in [7, 11) is 2.24. The van der Waals surface area contributed by atoms with Crippen molar-refractivity contribution in [2.45, 2.75) is 40.0 Å². The van der Waals surface area contributed by atoms with Gasteiger partial charge in [-0.1, -0.05) is 20.8 Å². The molecular weight excluding hydrogens is 146 g/mol. The summed E-state index contributed by atoms with van der Waals surface area (Å²) in [5.74, 6) is 0.982. The standard InChI is InChI=1S/C11H23N/c1-5-11(7-10(3)8-11)9-12(4)6-2/h10H,5-9H2,1-4H3. The fraction of sp³-hybridized carbons (Fsp3) is 1.00. The molecule has 0 radical (unpaired) electrons. The molecule has 1 aliphatic carbocycles. The van der Waals surface area contributed by atoms with Crippen LogP contribution in [0.4, 0.5) is 0 Å². The first-order valence-corrected chi connectivity index (χ1v) is 5.30. The van der Waals surface area contributed by atoms with E-state index in [4.69, 9.17) is 0 Å². The van der Waals surface area contributed by atoms with Crippen LogP contribution in [0.5, 0.6) is 0 Å². The van der Waals surface area contributed by atoms with E-state index in [1.54, 1.807) is 0 Å². The molecule has 0 spiro atoms. The molecule has 1 saturated carbocycles. The monoisotopic (exact) mass is 169 g/mol. The quantitative estimate of drug-likeness (QED) is 0.625. The van der Waals surface area contributed by atoms with Gasteiger partial charge in [-0.3, -0.25) is 0 Å². The molecule has 0 aromatic rings. The van der Waals surface area contributed by atoms with Crippen LogP contribution in [-0.2, 0) is 0 Å². The Morgan fingerprint density at radius 2 is 1.92 bits per heavy atom. The first-order chi connectivity index (χ1) is 5.62. The molecule has 1 fully saturated rings. The van der Waals surface area contributed by atoms with Crippen molar-refractivity contribution in [3.8, 4) is 0 Å². The van der Waals surface area contributed by atoms with E-state index in [1.807, 2.05) is 0 Å². The molecule has 0 aliphatic heterocycles. The molecule has 0 aromatic heterocycles. The van der Waals surface area contributed by atoms with Gasteiger partial charge >= 0.3 is 0 Å². The zero-order valence-electron chi connectivity index (χ0n) is 9.06. The third-order valence-electron chi connectivity index (χ3n) is 3.46. The Bertz CT molecular complexity index is 136. The summed E-state index contributed by atoms with van der Waals surface area (Å²) in [6.07, 6.45) is 4.27. The Kier molecular flexibility index (Phi) is 3.16. The molecule has 0 amide bonds. The van der Waals surface area contributed by atoms with E-state index in [0.29, 0.717) is 5.41 Å². The number of hydrogen-bond acceptors (Lipinski definition) is 1. The Hall–Kier alpha value is -0.0400. The summed E-state index contributed by atoms with van der Waals surface area (Å²) in [5, 5.41) is 0. The van der Waals surface area contributed by atoms with E-state index in [-0.39, 0.29) is 0 Å². The minimum absolute atomic E-state index is 0.685. The maximum absolute atomic E-state index is 2.45. The molecule has 72 valence electrons. The van der Waals surface area contributed by atoms with Crippen LogP contribution in [0.2, 0.25) is 0 Å². The van der Waals surface area contributed by atoms with Gasteiger partial charge in [-0.25, -0.2) is 0 Å². The molecule has 0 saturated heterocycles. The molecule has 0 heterocycles. The van der Waals surface area contributed by atoms with Gasteiger partial charge in [0, 0.05) is 6.54 Å². The van der Waals surface area contributed by atoms with E-state index in [1.165, 1.54) is 32.4 Å². The van der Waals surface area contributed by atoms with Crippen molar-refractivity contribution in [1.29, 1.82) is 0 Å². The summed E-state index contributed by atoms with van der Waals surface area (Å²) in [5.41, 5.74) is 0.685. The number of nitrogens with zero attached hydrogens (tertiary/aromatic N) is 1. The Morgan fingerprint density at radius 3 is 2.25 bits per heavy atom. The largest absolute Gasteiger partial charge is 0.306 e. The molecule has 0 N–H and O–H groups in total. The highest BCUT2D eigenvalue weighted by molar-refractivity contribution is 4.92. The van der Waals surface area contributed by atoms with Crippen LogP contribution in [-0.4, -0.2) is 25.0 Å². The second-order valence-corrected chi connectivity index (χ2v) is 4.70. The van der Waals surface area contributed by atoms with E-state index < -0.39 is 0 Å². The lowest BCUT2D eigenvalue weighted by atomic mass is 9.61. The maximum atomic E-state index is 2.45. The normalized spacial score (nSPS) is 35.2. The average Bonchev–Trinajstić information content (AvgIpc) is 2.01. The lowest BCUT2D eigenvalue weighted by Crippen LogP contribution is -2.44. The highest BCUT2D eigenvalue weighted by Gasteiger charge is 2.40. The van der Waals surface area contributed by atoms with Crippen LogP contribution in [0.1, 0.15) is 40.0 Å². The molecule has 12 heavy (non-hydrogen) atoms. The van der Waals surface area contributed by atoms with Crippen molar-refractivity contribution in [2.75, 3.05) is 20.1 Å². The predicted octanol–water partition coefficient (Wildman–Crippen LogP) is 2.76. The van der Waals surface area contributed by atoms with Crippen molar-refractivity contribution in [2.24, 2.45) is 11.3 Å². The van der Waals surface area contributed by atoms with Gasteiger partial charge in [0.1, 0.15) is 0 Å². The van der Waals surface area contributed by atoms with Gasteiger partial charge in [0.15, 0.2) is 0 Å². The van der Waals surface area contributed by atoms with Crippen molar-refractivity contribution in [1.82, 2.24) is 4.90 Å². The van der Waals surface area contributed by atoms with Crippen LogP contribution in [0.15, 0.2) is 0 Å². The molecule has 1 nitrogen and oxygen atoms in total. The Labute approximate surface area is 77.1 Å². The summed E-state index contributed by atoms with van der Waals surface area (Å²) in [6, 6.07) is 0. The molecular formula is C11H23N. The van der Waals surface area contributed by atoms with Gasteiger partial charge in [-0.2, -0.15) is 0 Å². The minimum atomic E-state index is 0.685. The van der Waals surface area contributed by atoms with Gasteiger partial charge in [0.2, 0.25) is 0 Å². The van der Waals surface area contributed by atoms with Crippen molar-refractivity contribution >= 4 is 0 Å². The molecule has 0 bridgehead atoms. The van der Waals surface area contributed by atoms with Gasteiger partial charge in [-0.15, -0.1) is 0 Å². The Balaban J connectivity index is 2.36. The summed E-state index contributed by atoms with van der Waals surface area (Å²) in [4.78, 5) is 2.45. The van der Waals surface area contributed by atoms with Crippen LogP contribution < -0.4 is 0 Å². The van der Waals surface area contributed by atoms with Crippen LogP contribution in [0.3, 0.4) is 0 Å². The molecule has 1 rings (SSSR count). The smallest absolute Gasteiger partial charge is 0.00349 e. The van der Waals surface area contributed by atoms with Crippen molar-refractivity contribution in [3.63, 3.8) is 0 Å².